The van der Waals surface area contributed by atoms with E-state index in [0.717, 1.165) is 37.7 Å². The van der Waals surface area contributed by atoms with Crippen molar-refractivity contribution < 1.29 is 9.53 Å². The summed E-state index contributed by atoms with van der Waals surface area (Å²) in [4.78, 5) is 17.2. The van der Waals surface area contributed by atoms with Crippen molar-refractivity contribution in [2.24, 2.45) is 0 Å². The van der Waals surface area contributed by atoms with Gasteiger partial charge in [0.2, 0.25) is 0 Å². The van der Waals surface area contributed by atoms with Gasteiger partial charge in [0.05, 0.1) is 7.11 Å². The van der Waals surface area contributed by atoms with Gasteiger partial charge in [0.25, 0.3) is 0 Å². The summed E-state index contributed by atoms with van der Waals surface area (Å²) in [6.07, 6.45) is 0. The number of rotatable bonds is 8. The maximum Gasteiger partial charge on any atom is 0.324 e. The summed E-state index contributed by atoms with van der Waals surface area (Å²) in [6.45, 7) is 4.17. The lowest BCUT2D eigenvalue weighted by Gasteiger charge is -2.35. The van der Waals surface area contributed by atoms with Crippen LogP contribution in [0.5, 0.6) is 0 Å². The third-order valence-electron chi connectivity index (χ3n) is 4.89. The van der Waals surface area contributed by atoms with Gasteiger partial charge in [-0.15, -0.1) is 0 Å². The third kappa shape index (κ3) is 6.09. The smallest absolute Gasteiger partial charge is 0.324 e. The number of carbonyl (C=O) groups excluding carboxylic acids is 1. The van der Waals surface area contributed by atoms with E-state index in [-0.39, 0.29) is 12.0 Å². The van der Waals surface area contributed by atoms with Crippen molar-refractivity contribution in [3.8, 4) is 0 Å². The van der Waals surface area contributed by atoms with Crippen LogP contribution in [0.3, 0.4) is 0 Å². The van der Waals surface area contributed by atoms with Crippen LogP contribution >= 0.6 is 11.8 Å². The molecular formula is C22H28N2O2S. The average Bonchev–Trinajstić information content (AvgIpc) is 2.73. The fourth-order valence-electron chi connectivity index (χ4n) is 3.48. The lowest BCUT2D eigenvalue weighted by Crippen LogP contribution is -2.51. The molecule has 1 saturated heterocycles. The molecule has 2 aromatic rings. The topological polar surface area (TPSA) is 32.8 Å². The van der Waals surface area contributed by atoms with E-state index in [4.69, 9.17) is 4.74 Å². The molecule has 1 aliphatic rings. The van der Waals surface area contributed by atoms with Crippen LogP contribution in [0.4, 0.5) is 0 Å². The Hall–Kier alpha value is -1.82. The zero-order valence-electron chi connectivity index (χ0n) is 15.9. The quantitative estimate of drug-likeness (QED) is 0.652. The predicted molar refractivity (Wildman–Crippen MR) is 112 cm³/mol. The van der Waals surface area contributed by atoms with Crippen molar-refractivity contribution in [2.45, 2.75) is 19.1 Å². The Morgan fingerprint density at radius 2 is 1.52 bits per heavy atom. The maximum absolute atomic E-state index is 12.6. The van der Waals surface area contributed by atoms with Crippen molar-refractivity contribution in [3.63, 3.8) is 0 Å². The second-order valence-corrected chi connectivity index (χ2v) is 8.05. The van der Waals surface area contributed by atoms with Crippen LogP contribution < -0.4 is 0 Å². The summed E-state index contributed by atoms with van der Waals surface area (Å²) in [6, 6.07) is 20.7. The maximum atomic E-state index is 12.6. The van der Waals surface area contributed by atoms with Crippen molar-refractivity contribution in [3.05, 3.63) is 71.8 Å². The molecule has 0 bridgehead atoms. The molecule has 4 nitrogen and oxygen atoms in total. The number of hydrogen-bond donors (Lipinski definition) is 0. The first-order valence-electron chi connectivity index (χ1n) is 9.46. The zero-order chi connectivity index (χ0) is 18.9. The van der Waals surface area contributed by atoms with E-state index in [1.165, 1.54) is 18.2 Å². The molecule has 1 fully saturated rings. The molecule has 0 amide bonds. The summed E-state index contributed by atoms with van der Waals surface area (Å²) < 4.78 is 5.15. The average molecular weight is 385 g/mol. The molecule has 0 aliphatic carbocycles. The number of ether oxygens (including phenoxy) is 1. The molecule has 1 heterocycles. The van der Waals surface area contributed by atoms with Gasteiger partial charge in [-0.25, -0.2) is 0 Å². The van der Waals surface area contributed by atoms with Crippen LogP contribution in [0.1, 0.15) is 11.1 Å². The van der Waals surface area contributed by atoms with Crippen LogP contribution in [0.15, 0.2) is 60.7 Å². The van der Waals surface area contributed by atoms with Crippen LogP contribution in [0.25, 0.3) is 0 Å². The number of hydrogen-bond acceptors (Lipinski definition) is 5. The van der Waals surface area contributed by atoms with E-state index in [2.05, 4.69) is 58.3 Å². The molecule has 3 rings (SSSR count). The second-order valence-electron chi connectivity index (χ2n) is 6.83. The minimum Gasteiger partial charge on any atom is -0.468 e. The van der Waals surface area contributed by atoms with Gasteiger partial charge in [-0.3, -0.25) is 14.6 Å². The highest BCUT2D eigenvalue weighted by Gasteiger charge is 2.30. The summed E-state index contributed by atoms with van der Waals surface area (Å²) in [5.41, 5.74) is 2.51. The Bertz CT molecular complexity index is 648. The standard InChI is InChI=1S/C22H28N2O2S/c1-26-22(25)21(24-12-14-27-15-13-24)18-23(16-19-8-4-2-5-9-19)17-20-10-6-3-7-11-20/h2-11,21H,12-18H2,1H3/t21-/m0/s1. The molecule has 0 radical (unpaired) electrons. The molecule has 0 saturated carbocycles. The van der Waals surface area contributed by atoms with Gasteiger partial charge in [-0.05, 0) is 11.1 Å². The third-order valence-corrected chi connectivity index (χ3v) is 5.83. The van der Waals surface area contributed by atoms with Gasteiger partial charge in [0.1, 0.15) is 6.04 Å². The van der Waals surface area contributed by atoms with Gasteiger partial charge in [-0.2, -0.15) is 11.8 Å². The highest BCUT2D eigenvalue weighted by atomic mass is 32.2. The second kappa shape index (κ2) is 10.5. The monoisotopic (exact) mass is 384 g/mol. The number of methoxy groups -OCH3 is 1. The summed E-state index contributed by atoms with van der Waals surface area (Å²) >= 11 is 1.95. The minimum absolute atomic E-state index is 0.131. The number of thioether (sulfide) groups is 1. The summed E-state index contributed by atoms with van der Waals surface area (Å²) in [7, 11) is 1.49. The van der Waals surface area contributed by atoms with Gasteiger partial charge in [0.15, 0.2) is 0 Å². The van der Waals surface area contributed by atoms with E-state index in [1.807, 2.05) is 23.9 Å². The molecule has 0 N–H and O–H groups in total. The van der Waals surface area contributed by atoms with Crippen LogP contribution in [-0.4, -0.2) is 60.1 Å². The Morgan fingerprint density at radius 1 is 1.00 bits per heavy atom. The lowest BCUT2D eigenvalue weighted by atomic mass is 10.1. The van der Waals surface area contributed by atoms with Crippen LogP contribution in [0.2, 0.25) is 0 Å². The van der Waals surface area contributed by atoms with Crippen molar-refractivity contribution in [1.82, 2.24) is 9.80 Å². The van der Waals surface area contributed by atoms with E-state index in [1.54, 1.807) is 0 Å². The fraction of sp³-hybridized carbons (Fsp3) is 0.409. The first-order chi connectivity index (χ1) is 13.3. The zero-order valence-corrected chi connectivity index (χ0v) is 16.7. The van der Waals surface area contributed by atoms with E-state index in [9.17, 15) is 4.79 Å². The number of nitrogens with zero attached hydrogens (tertiary/aromatic N) is 2. The molecule has 0 unspecified atom stereocenters. The minimum atomic E-state index is -0.219. The Morgan fingerprint density at radius 3 is 2.00 bits per heavy atom. The van der Waals surface area contributed by atoms with Crippen molar-refractivity contribution in [2.75, 3.05) is 38.2 Å². The highest BCUT2D eigenvalue weighted by Crippen LogP contribution is 2.17. The summed E-state index contributed by atoms with van der Waals surface area (Å²) in [5.74, 6) is 2.02. The normalized spacial score (nSPS) is 16.2. The van der Waals surface area contributed by atoms with Gasteiger partial charge < -0.3 is 4.74 Å². The molecular weight excluding hydrogens is 356 g/mol. The largest absolute Gasteiger partial charge is 0.468 e. The Balaban J connectivity index is 1.77. The molecule has 2 aromatic carbocycles. The molecule has 1 atom stereocenters. The molecule has 27 heavy (non-hydrogen) atoms. The van der Waals surface area contributed by atoms with Crippen molar-refractivity contribution in [1.29, 1.82) is 0 Å². The van der Waals surface area contributed by atoms with E-state index < -0.39 is 0 Å². The SMILES string of the molecule is COC(=O)[C@H](CN(Cc1ccccc1)Cc1ccccc1)N1CCSCC1. The molecule has 5 heteroatoms. The van der Waals surface area contributed by atoms with Crippen molar-refractivity contribution >= 4 is 17.7 Å². The number of carbonyl (C=O) groups is 1. The fourth-order valence-corrected chi connectivity index (χ4v) is 4.41. The molecule has 0 spiro atoms. The molecule has 1 aliphatic heterocycles. The number of esters is 1. The lowest BCUT2D eigenvalue weighted by molar-refractivity contribution is -0.147. The molecule has 0 aromatic heterocycles. The van der Waals surface area contributed by atoms with Gasteiger partial charge in [0, 0.05) is 44.2 Å². The Kier molecular flexibility index (Phi) is 7.75. The first kappa shape index (κ1) is 19.9. The Labute approximate surface area is 166 Å². The van der Waals surface area contributed by atoms with Gasteiger partial charge in [-0.1, -0.05) is 60.7 Å². The first-order valence-corrected chi connectivity index (χ1v) is 10.6. The predicted octanol–water partition coefficient (Wildman–Crippen LogP) is 3.28. The number of benzene rings is 2. The van der Waals surface area contributed by atoms with E-state index in [0.29, 0.717) is 6.54 Å². The van der Waals surface area contributed by atoms with E-state index >= 15 is 0 Å². The highest BCUT2D eigenvalue weighted by molar-refractivity contribution is 7.99. The van der Waals surface area contributed by atoms with Crippen LogP contribution in [0, 0.1) is 0 Å². The van der Waals surface area contributed by atoms with Crippen LogP contribution in [-0.2, 0) is 22.6 Å². The summed E-state index contributed by atoms with van der Waals surface area (Å²) in [5, 5.41) is 0. The molecule has 144 valence electrons. The van der Waals surface area contributed by atoms with Gasteiger partial charge >= 0.3 is 5.97 Å².